The molecule has 2 aliphatic rings. The highest BCUT2D eigenvalue weighted by Gasteiger charge is 2.39. The second-order valence-electron chi connectivity index (χ2n) is 16.6. The normalized spacial score (nSPS) is 12.5. The van der Waals surface area contributed by atoms with E-state index in [1.54, 1.807) is 0 Å². The van der Waals surface area contributed by atoms with Crippen LogP contribution in [-0.4, -0.2) is 30.8 Å². The molecule has 2 aliphatic heterocycles. The number of fused-ring (bicyclic) bond motifs is 15. The highest BCUT2D eigenvalue weighted by Crippen LogP contribution is 2.42. The van der Waals surface area contributed by atoms with Gasteiger partial charge >= 0.3 is 0 Å². The number of nitrogens with zero attached hydrogens (tertiary/aromatic N) is 5. The Bertz CT molecular complexity index is 3680. The molecule has 0 fully saturated rings. The SMILES string of the molecule is c1ccc2c(c1)Oc1cccc3c1B2c1c(-c2nc(-n4c5ccccc5c5ccccc54)nc(-n4c5ccccc5c5ccccc54)n2)cccc1-c1ccccc1-c1ccccc1-3. The van der Waals surface area contributed by atoms with Crippen LogP contribution in [0.3, 0.4) is 0 Å². The number of aromatic nitrogens is 5. The number of benzene rings is 9. The van der Waals surface area contributed by atoms with Gasteiger partial charge in [0.1, 0.15) is 11.5 Å². The molecule has 0 aliphatic carbocycles. The van der Waals surface area contributed by atoms with Crippen molar-refractivity contribution in [2.45, 2.75) is 0 Å². The van der Waals surface area contributed by atoms with Crippen LogP contribution < -0.4 is 21.1 Å². The second kappa shape index (κ2) is 13.5. The van der Waals surface area contributed by atoms with Crippen LogP contribution in [0, 0.1) is 0 Å². The number of hydrogen-bond acceptors (Lipinski definition) is 4. The molecule has 0 amide bonds. The Hall–Kier alpha value is -8.55. The highest BCUT2D eigenvalue weighted by atomic mass is 16.5. The fraction of sp³-hybridized carbons (Fsp3) is 0. The van der Waals surface area contributed by atoms with Crippen LogP contribution in [-0.2, 0) is 0 Å². The van der Waals surface area contributed by atoms with Gasteiger partial charge in [0.25, 0.3) is 6.71 Å². The van der Waals surface area contributed by atoms with Crippen LogP contribution in [0.2, 0.25) is 0 Å². The Morgan fingerprint density at radius 2 is 0.688 bits per heavy atom. The minimum Gasteiger partial charge on any atom is -0.458 e. The van der Waals surface area contributed by atoms with Crippen molar-refractivity contribution in [3.63, 3.8) is 0 Å². The van der Waals surface area contributed by atoms with E-state index in [1.807, 2.05) is 0 Å². The first-order chi connectivity index (χ1) is 31.8. The maximum absolute atomic E-state index is 6.87. The fourth-order valence-electron chi connectivity index (χ4n) is 10.7. The molecule has 5 heterocycles. The Kier molecular flexibility index (Phi) is 7.39. The summed E-state index contributed by atoms with van der Waals surface area (Å²) in [7, 11) is 0. The summed E-state index contributed by atoms with van der Waals surface area (Å²) in [6.45, 7) is -0.244. The van der Waals surface area contributed by atoms with Crippen LogP contribution >= 0.6 is 0 Å². The molecule has 7 heteroatoms. The van der Waals surface area contributed by atoms with E-state index in [0.29, 0.717) is 17.7 Å². The molecule has 0 bridgehead atoms. The van der Waals surface area contributed by atoms with Crippen molar-refractivity contribution >= 4 is 66.7 Å². The molecule has 12 aromatic rings. The Labute approximate surface area is 368 Å². The number of para-hydroxylation sites is 5. The van der Waals surface area contributed by atoms with E-state index in [4.69, 9.17) is 19.7 Å². The van der Waals surface area contributed by atoms with E-state index in [2.05, 4.69) is 215 Å². The number of hydrogen-bond donors (Lipinski definition) is 0. The Balaban J connectivity index is 1.15. The summed E-state index contributed by atoms with van der Waals surface area (Å²) in [5.41, 5.74) is 15.2. The van der Waals surface area contributed by atoms with Gasteiger partial charge in [-0.15, -0.1) is 0 Å². The lowest BCUT2D eigenvalue weighted by Crippen LogP contribution is -2.56. The van der Waals surface area contributed by atoms with E-state index >= 15 is 0 Å². The first kappa shape index (κ1) is 35.1. The van der Waals surface area contributed by atoms with E-state index in [1.165, 1.54) is 5.56 Å². The molecule has 3 aromatic heterocycles. The fourth-order valence-corrected chi connectivity index (χ4v) is 10.7. The first-order valence-electron chi connectivity index (χ1n) is 21.7. The minimum absolute atomic E-state index is 0.244. The van der Waals surface area contributed by atoms with E-state index in [9.17, 15) is 0 Å². The monoisotopic (exact) mass is 815 g/mol. The average molecular weight is 816 g/mol. The summed E-state index contributed by atoms with van der Waals surface area (Å²) in [5, 5.41) is 4.55. The zero-order chi connectivity index (χ0) is 41.9. The Morgan fingerprint density at radius 1 is 0.312 bits per heavy atom. The average Bonchev–Trinajstić information content (AvgIpc) is 3.89. The van der Waals surface area contributed by atoms with Crippen molar-refractivity contribution < 1.29 is 4.74 Å². The van der Waals surface area contributed by atoms with Crippen LogP contribution in [0.5, 0.6) is 11.5 Å². The van der Waals surface area contributed by atoms with Crippen molar-refractivity contribution in [2.75, 3.05) is 0 Å². The molecule has 6 nitrogen and oxygen atoms in total. The molecule has 0 atom stereocenters. The largest absolute Gasteiger partial charge is 0.458 e. The van der Waals surface area contributed by atoms with Gasteiger partial charge in [-0.1, -0.05) is 170 Å². The summed E-state index contributed by atoms with van der Waals surface area (Å²) >= 11 is 0. The summed E-state index contributed by atoms with van der Waals surface area (Å²) in [6.07, 6.45) is 0. The van der Waals surface area contributed by atoms with Crippen molar-refractivity contribution in [3.8, 4) is 68.2 Å². The molecular formula is C57H34BN5O. The number of rotatable bonds is 3. The molecule has 0 saturated heterocycles. The van der Waals surface area contributed by atoms with E-state index in [0.717, 1.165) is 105 Å². The lowest BCUT2D eigenvalue weighted by molar-refractivity contribution is 0.487. The van der Waals surface area contributed by atoms with Gasteiger partial charge in [-0.3, -0.25) is 9.13 Å². The summed E-state index contributed by atoms with van der Waals surface area (Å²) < 4.78 is 11.3. The van der Waals surface area contributed by atoms with Crippen LogP contribution in [0.15, 0.2) is 206 Å². The predicted molar refractivity (Wildman–Crippen MR) is 261 cm³/mol. The van der Waals surface area contributed by atoms with Crippen LogP contribution in [0.1, 0.15) is 0 Å². The third kappa shape index (κ3) is 4.95. The molecule has 0 saturated carbocycles. The summed E-state index contributed by atoms with van der Waals surface area (Å²) in [6, 6.07) is 73.3. The maximum Gasteiger partial charge on any atom is 0.253 e. The zero-order valence-electron chi connectivity index (χ0n) is 34.4. The maximum atomic E-state index is 6.87. The molecule has 0 unspecified atom stereocenters. The topological polar surface area (TPSA) is 57.8 Å². The van der Waals surface area contributed by atoms with E-state index in [-0.39, 0.29) is 6.71 Å². The lowest BCUT2D eigenvalue weighted by atomic mass is 9.33. The quantitative estimate of drug-likeness (QED) is 0.167. The van der Waals surface area contributed by atoms with Gasteiger partial charge in [0, 0.05) is 27.1 Å². The van der Waals surface area contributed by atoms with Crippen molar-refractivity contribution in [1.82, 2.24) is 24.1 Å². The second-order valence-corrected chi connectivity index (χ2v) is 16.6. The first-order valence-corrected chi connectivity index (χ1v) is 21.7. The molecule has 14 rings (SSSR count). The highest BCUT2D eigenvalue weighted by molar-refractivity contribution is 6.99. The third-order valence-electron chi connectivity index (χ3n) is 13.3. The molecule has 0 N–H and O–H groups in total. The molecule has 0 spiro atoms. The van der Waals surface area contributed by atoms with Gasteiger partial charge in [0.05, 0.1) is 22.1 Å². The number of ether oxygens (including phenoxy) is 1. The minimum atomic E-state index is -0.244. The van der Waals surface area contributed by atoms with Gasteiger partial charge in [0.2, 0.25) is 11.9 Å². The molecule has 0 radical (unpaired) electrons. The Morgan fingerprint density at radius 3 is 1.22 bits per heavy atom. The van der Waals surface area contributed by atoms with Gasteiger partial charge < -0.3 is 4.74 Å². The third-order valence-corrected chi connectivity index (χ3v) is 13.3. The van der Waals surface area contributed by atoms with E-state index < -0.39 is 0 Å². The van der Waals surface area contributed by atoms with Gasteiger partial charge in [-0.05, 0) is 86.2 Å². The van der Waals surface area contributed by atoms with Crippen molar-refractivity contribution in [2.24, 2.45) is 0 Å². The standard InChI is InChI=1S/C57H34BN5O/c1-3-19-37-35(17-1)36-18-2-4-20-38(36)44-26-16-34-52-54(44)58(46-28-9-14-33-51(46)64-52)53-43(37)25-15-27-45(53)55-59-56(62-47-29-10-5-21-39(47)40-22-6-11-30-48(40)62)61-57(60-55)63-49-31-12-7-23-41(49)42-24-8-13-32-50(42)63/h1-34H. The summed E-state index contributed by atoms with van der Waals surface area (Å²) in [5.74, 6) is 3.35. The predicted octanol–water partition coefficient (Wildman–Crippen LogP) is 11.7. The van der Waals surface area contributed by atoms with Crippen LogP contribution in [0.4, 0.5) is 0 Å². The van der Waals surface area contributed by atoms with Gasteiger partial charge in [-0.2, -0.15) is 15.0 Å². The smallest absolute Gasteiger partial charge is 0.253 e. The lowest BCUT2D eigenvalue weighted by Gasteiger charge is -2.30. The van der Waals surface area contributed by atoms with Gasteiger partial charge in [0.15, 0.2) is 5.82 Å². The van der Waals surface area contributed by atoms with Gasteiger partial charge in [-0.25, -0.2) is 0 Å². The molecule has 64 heavy (non-hydrogen) atoms. The van der Waals surface area contributed by atoms with Crippen molar-refractivity contribution in [1.29, 1.82) is 0 Å². The summed E-state index contributed by atoms with van der Waals surface area (Å²) in [4.78, 5) is 16.7. The molecule has 9 aromatic carbocycles. The zero-order valence-corrected chi connectivity index (χ0v) is 34.4. The molecule has 296 valence electrons. The molecular weight excluding hydrogens is 781 g/mol. The van der Waals surface area contributed by atoms with Crippen LogP contribution in [0.25, 0.3) is 100 Å². The van der Waals surface area contributed by atoms with Crippen molar-refractivity contribution in [3.05, 3.63) is 206 Å².